The number of benzene rings is 1. The highest BCUT2D eigenvalue weighted by Gasteiger charge is 2.23. The van der Waals surface area contributed by atoms with Crippen molar-refractivity contribution in [2.75, 3.05) is 13.1 Å². The van der Waals surface area contributed by atoms with E-state index in [1.165, 1.54) is 18.2 Å². The third-order valence-corrected chi connectivity index (χ3v) is 3.03. The van der Waals surface area contributed by atoms with E-state index in [1.54, 1.807) is 0 Å². The lowest BCUT2D eigenvalue weighted by Gasteiger charge is -2.11. The average Bonchev–Trinajstić information content (AvgIpc) is 2.81. The summed E-state index contributed by atoms with van der Waals surface area (Å²) >= 11 is 5.77. The standard InChI is InChI=1S/C11H12ClN3O3/c12-7-1-2-10(15(17)18)9(5-7)11(16)14-8-3-4-13-6-8/h1-2,5,8,13H,3-4,6H2,(H,14,16)/t8-/m1/s1. The quantitative estimate of drug-likeness (QED) is 0.641. The Balaban J connectivity index is 2.22. The molecule has 1 aromatic carbocycles. The van der Waals surface area contributed by atoms with Gasteiger partial charge in [0.2, 0.25) is 0 Å². The Bertz CT molecular complexity index is 486. The van der Waals surface area contributed by atoms with Gasteiger partial charge in [-0.3, -0.25) is 14.9 Å². The Hall–Kier alpha value is -1.66. The van der Waals surface area contributed by atoms with Gasteiger partial charge in [-0.1, -0.05) is 11.6 Å². The summed E-state index contributed by atoms with van der Waals surface area (Å²) in [6, 6.07) is 3.96. The Kier molecular flexibility index (Phi) is 3.78. The number of nitrogens with zero attached hydrogens (tertiary/aromatic N) is 1. The topological polar surface area (TPSA) is 84.3 Å². The molecule has 0 spiro atoms. The molecular weight excluding hydrogens is 258 g/mol. The first kappa shape index (κ1) is 12.8. The largest absolute Gasteiger partial charge is 0.348 e. The molecule has 1 aromatic rings. The van der Waals surface area contributed by atoms with Crippen LogP contribution in [0.5, 0.6) is 0 Å². The van der Waals surface area contributed by atoms with Crippen molar-refractivity contribution in [3.63, 3.8) is 0 Å². The van der Waals surface area contributed by atoms with Gasteiger partial charge in [-0.2, -0.15) is 0 Å². The lowest BCUT2D eigenvalue weighted by molar-refractivity contribution is -0.385. The summed E-state index contributed by atoms with van der Waals surface area (Å²) < 4.78 is 0. The van der Waals surface area contributed by atoms with Gasteiger partial charge in [-0.05, 0) is 25.1 Å². The van der Waals surface area contributed by atoms with Crippen molar-refractivity contribution in [2.45, 2.75) is 12.5 Å². The van der Waals surface area contributed by atoms with E-state index in [0.29, 0.717) is 11.6 Å². The summed E-state index contributed by atoms with van der Waals surface area (Å²) in [5.41, 5.74) is -0.234. The molecule has 18 heavy (non-hydrogen) atoms. The number of carbonyl (C=O) groups is 1. The van der Waals surface area contributed by atoms with Gasteiger partial charge in [0, 0.05) is 23.7 Å². The molecule has 6 nitrogen and oxygen atoms in total. The Labute approximate surface area is 108 Å². The Morgan fingerprint density at radius 3 is 2.94 bits per heavy atom. The molecule has 0 saturated carbocycles. The molecule has 2 rings (SSSR count). The summed E-state index contributed by atoms with van der Waals surface area (Å²) in [4.78, 5) is 22.2. The zero-order valence-electron chi connectivity index (χ0n) is 9.48. The van der Waals surface area contributed by atoms with Crippen molar-refractivity contribution < 1.29 is 9.72 Å². The van der Waals surface area contributed by atoms with Crippen LogP contribution in [0.2, 0.25) is 5.02 Å². The highest BCUT2D eigenvalue weighted by Crippen LogP contribution is 2.22. The highest BCUT2D eigenvalue weighted by molar-refractivity contribution is 6.31. The molecule has 1 fully saturated rings. The van der Waals surface area contributed by atoms with Gasteiger partial charge in [0.1, 0.15) is 5.56 Å². The molecule has 1 aliphatic rings. The molecule has 0 unspecified atom stereocenters. The molecule has 7 heteroatoms. The van der Waals surface area contributed by atoms with Crippen molar-refractivity contribution >= 4 is 23.2 Å². The molecule has 1 heterocycles. The van der Waals surface area contributed by atoms with Gasteiger partial charge in [0.15, 0.2) is 0 Å². The first-order valence-corrected chi connectivity index (χ1v) is 5.91. The monoisotopic (exact) mass is 269 g/mol. The van der Waals surface area contributed by atoms with Gasteiger partial charge in [-0.15, -0.1) is 0 Å². The third-order valence-electron chi connectivity index (χ3n) is 2.80. The van der Waals surface area contributed by atoms with Crippen LogP contribution in [0, 0.1) is 10.1 Å². The number of rotatable bonds is 3. The number of nitrogens with one attached hydrogen (secondary N) is 2. The maximum absolute atomic E-state index is 12.0. The van der Waals surface area contributed by atoms with Gasteiger partial charge >= 0.3 is 0 Å². The Morgan fingerprint density at radius 2 is 2.33 bits per heavy atom. The fraction of sp³-hybridized carbons (Fsp3) is 0.364. The van der Waals surface area contributed by atoms with Crippen molar-refractivity contribution in [3.05, 3.63) is 38.9 Å². The molecular formula is C11H12ClN3O3. The lowest BCUT2D eigenvalue weighted by atomic mass is 10.1. The first-order chi connectivity index (χ1) is 8.58. The fourth-order valence-corrected chi connectivity index (χ4v) is 2.06. The SMILES string of the molecule is O=C(N[C@@H]1CCNC1)c1cc(Cl)ccc1[N+](=O)[O-]. The number of carbonyl (C=O) groups excluding carboxylic acids is 1. The van der Waals surface area contributed by atoms with Crippen LogP contribution in [0.3, 0.4) is 0 Å². The first-order valence-electron chi connectivity index (χ1n) is 5.53. The summed E-state index contributed by atoms with van der Waals surface area (Å²) in [6.45, 7) is 1.52. The van der Waals surface area contributed by atoms with Crippen LogP contribution in [0.1, 0.15) is 16.8 Å². The summed E-state index contributed by atoms with van der Waals surface area (Å²) in [6.07, 6.45) is 0.820. The molecule has 2 N–H and O–H groups in total. The van der Waals surface area contributed by atoms with Crippen LogP contribution in [0.15, 0.2) is 18.2 Å². The molecule has 0 aromatic heterocycles. The summed E-state index contributed by atoms with van der Waals surface area (Å²) in [5.74, 6) is -0.460. The number of halogens is 1. The number of nitro benzene ring substituents is 1. The second-order valence-corrected chi connectivity index (χ2v) is 4.52. The zero-order chi connectivity index (χ0) is 13.1. The predicted molar refractivity (Wildman–Crippen MR) is 66.8 cm³/mol. The van der Waals surface area contributed by atoms with E-state index < -0.39 is 10.8 Å². The smallest absolute Gasteiger partial charge is 0.282 e. The fourth-order valence-electron chi connectivity index (χ4n) is 1.89. The molecule has 1 atom stereocenters. The van der Waals surface area contributed by atoms with Crippen LogP contribution in [0.4, 0.5) is 5.69 Å². The zero-order valence-corrected chi connectivity index (χ0v) is 10.2. The van der Waals surface area contributed by atoms with Crippen LogP contribution in [-0.4, -0.2) is 30.0 Å². The lowest BCUT2D eigenvalue weighted by Crippen LogP contribution is -2.36. The van der Waals surface area contributed by atoms with Crippen molar-refractivity contribution in [1.29, 1.82) is 0 Å². The minimum atomic E-state index is -0.585. The highest BCUT2D eigenvalue weighted by atomic mass is 35.5. The van der Waals surface area contributed by atoms with Crippen LogP contribution in [-0.2, 0) is 0 Å². The molecule has 0 radical (unpaired) electrons. The second-order valence-electron chi connectivity index (χ2n) is 4.08. The van der Waals surface area contributed by atoms with E-state index in [9.17, 15) is 14.9 Å². The van der Waals surface area contributed by atoms with E-state index in [4.69, 9.17) is 11.6 Å². The molecule has 1 amide bonds. The van der Waals surface area contributed by atoms with Gasteiger partial charge in [-0.25, -0.2) is 0 Å². The van der Waals surface area contributed by atoms with Crippen LogP contribution in [0.25, 0.3) is 0 Å². The molecule has 1 saturated heterocycles. The van der Waals surface area contributed by atoms with E-state index in [0.717, 1.165) is 13.0 Å². The second kappa shape index (κ2) is 5.32. The van der Waals surface area contributed by atoms with Crippen LogP contribution < -0.4 is 10.6 Å². The molecule has 0 bridgehead atoms. The van der Waals surface area contributed by atoms with Crippen molar-refractivity contribution in [1.82, 2.24) is 10.6 Å². The maximum atomic E-state index is 12.0. The van der Waals surface area contributed by atoms with E-state index >= 15 is 0 Å². The Morgan fingerprint density at radius 1 is 1.56 bits per heavy atom. The maximum Gasteiger partial charge on any atom is 0.282 e. The van der Waals surface area contributed by atoms with E-state index in [-0.39, 0.29) is 17.3 Å². The van der Waals surface area contributed by atoms with Crippen molar-refractivity contribution in [3.8, 4) is 0 Å². The van der Waals surface area contributed by atoms with Gasteiger partial charge in [0.05, 0.1) is 4.92 Å². The number of amides is 1. The van der Waals surface area contributed by atoms with Gasteiger partial charge in [0.25, 0.3) is 11.6 Å². The molecule has 1 aliphatic heterocycles. The van der Waals surface area contributed by atoms with Crippen molar-refractivity contribution in [2.24, 2.45) is 0 Å². The average molecular weight is 270 g/mol. The summed E-state index contributed by atoms with van der Waals surface area (Å²) in [7, 11) is 0. The normalized spacial score (nSPS) is 18.6. The van der Waals surface area contributed by atoms with Gasteiger partial charge < -0.3 is 10.6 Å². The third kappa shape index (κ3) is 2.77. The molecule has 96 valence electrons. The minimum Gasteiger partial charge on any atom is -0.348 e. The van der Waals surface area contributed by atoms with E-state index in [2.05, 4.69) is 10.6 Å². The van der Waals surface area contributed by atoms with E-state index in [1.807, 2.05) is 0 Å². The molecule has 0 aliphatic carbocycles. The van der Waals surface area contributed by atoms with Crippen LogP contribution >= 0.6 is 11.6 Å². The number of hydrogen-bond acceptors (Lipinski definition) is 4. The number of hydrogen-bond donors (Lipinski definition) is 2. The predicted octanol–water partition coefficient (Wildman–Crippen LogP) is 1.34. The minimum absolute atomic E-state index is 0.000556. The number of nitro groups is 1. The summed E-state index contributed by atoms with van der Waals surface area (Å²) in [5, 5.41) is 17.0.